The Kier molecular flexibility index (Phi) is 5.55. The molecule has 1 aliphatic rings. The van der Waals surface area contributed by atoms with Crippen molar-refractivity contribution < 1.29 is 9.47 Å². The van der Waals surface area contributed by atoms with E-state index in [-0.39, 0.29) is 5.41 Å². The molecule has 1 aromatic rings. The van der Waals surface area contributed by atoms with Crippen molar-refractivity contribution in [2.24, 2.45) is 0 Å². The molecule has 2 rings (SSSR count). The Morgan fingerprint density at radius 1 is 1.14 bits per heavy atom. The van der Waals surface area contributed by atoms with E-state index in [1.807, 2.05) is 0 Å². The molecule has 0 bridgehead atoms. The molecular formula is C20H32O2. The van der Waals surface area contributed by atoms with Crippen LogP contribution in [0.4, 0.5) is 0 Å². The average molecular weight is 304 g/mol. The fourth-order valence-electron chi connectivity index (χ4n) is 3.16. The number of benzene rings is 1. The lowest BCUT2D eigenvalue weighted by molar-refractivity contribution is 0.325. The third kappa shape index (κ3) is 4.04. The third-order valence-corrected chi connectivity index (χ3v) is 4.72. The van der Waals surface area contributed by atoms with E-state index in [1.165, 1.54) is 11.1 Å². The maximum absolute atomic E-state index is 5.90. The quantitative estimate of drug-likeness (QED) is 0.625. The molecule has 0 aliphatic carbocycles. The van der Waals surface area contributed by atoms with Gasteiger partial charge in [-0.2, -0.15) is 0 Å². The van der Waals surface area contributed by atoms with Gasteiger partial charge in [0.2, 0.25) is 0 Å². The molecule has 0 aromatic heterocycles. The molecule has 124 valence electrons. The van der Waals surface area contributed by atoms with Crippen molar-refractivity contribution in [2.75, 3.05) is 6.61 Å². The largest absolute Gasteiger partial charge is 0.494 e. The second-order valence-electron chi connectivity index (χ2n) is 7.40. The Bertz CT molecular complexity index is 487. The van der Waals surface area contributed by atoms with E-state index in [9.17, 15) is 0 Å². The van der Waals surface area contributed by atoms with Crippen molar-refractivity contribution in [1.82, 2.24) is 0 Å². The molecule has 0 radical (unpaired) electrons. The lowest BCUT2D eigenvalue weighted by Crippen LogP contribution is -2.13. The Balaban J connectivity index is 2.27. The summed E-state index contributed by atoms with van der Waals surface area (Å²) in [5.41, 5.74) is 2.91. The zero-order chi connectivity index (χ0) is 16.3. The Hall–Kier alpha value is -1.02. The van der Waals surface area contributed by atoms with E-state index in [0.29, 0.717) is 18.1 Å². The summed E-state index contributed by atoms with van der Waals surface area (Å²) in [5.74, 6) is 1.57. The van der Waals surface area contributed by atoms with Crippen molar-refractivity contribution in [1.29, 1.82) is 0 Å². The van der Waals surface area contributed by atoms with Gasteiger partial charge in [-0.15, -0.1) is 0 Å². The summed E-state index contributed by atoms with van der Waals surface area (Å²) in [5, 5.41) is 0. The van der Waals surface area contributed by atoms with Gasteiger partial charge in [-0.05, 0) is 54.7 Å². The van der Waals surface area contributed by atoms with Gasteiger partial charge in [-0.1, -0.05) is 46.8 Å². The van der Waals surface area contributed by atoms with Gasteiger partial charge >= 0.3 is 0 Å². The molecular weight excluding hydrogens is 272 g/mol. The number of hydrogen-bond donors (Lipinski definition) is 0. The predicted molar refractivity (Wildman–Crippen MR) is 92.9 cm³/mol. The fraction of sp³-hybridized carbons (Fsp3) is 0.700. The van der Waals surface area contributed by atoms with Gasteiger partial charge < -0.3 is 9.47 Å². The molecule has 0 saturated carbocycles. The second-order valence-corrected chi connectivity index (χ2v) is 7.40. The van der Waals surface area contributed by atoms with Crippen LogP contribution in [0.3, 0.4) is 0 Å². The van der Waals surface area contributed by atoms with Gasteiger partial charge in [0.15, 0.2) is 0 Å². The first-order valence-corrected chi connectivity index (χ1v) is 8.83. The molecule has 2 heteroatoms. The Morgan fingerprint density at radius 2 is 1.86 bits per heavy atom. The first kappa shape index (κ1) is 17.3. The van der Waals surface area contributed by atoms with Gasteiger partial charge in [0, 0.05) is 0 Å². The van der Waals surface area contributed by atoms with Gasteiger partial charge in [0.05, 0.1) is 18.8 Å². The van der Waals surface area contributed by atoms with Crippen LogP contribution in [0.15, 0.2) is 18.2 Å². The van der Waals surface area contributed by atoms with Crippen molar-refractivity contribution >= 4 is 0 Å². The number of rotatable bonds is 7. The normalized spacial score (nSPS) is 22.5. The highest BCUT2D eigenvalue weighted by atomic mass is 16.6. The molecule has 0 spiro atoms. The van der Waals surface area contributed by atoms with Gasteiger partial charge in [0.25, 0.3) is 0 Å². The van der Waals surface area contributed by atoms with Crippen molar-refractivity contribution in [3.05, 3.63) is 29.3 Å². The first-order valence-electron chi connectivity index (χ1n) is 8.83. The standard InChI is InChI=1S/C20H32O2/c1-7-14(12-19-17(8-2)22-19)16-13-15(20(4,5)6)10-11-18(16)21-9-3/h10-11,13-14,17,19H,7-9,12H2,1-6H3. The maximum atomic E-state index is 5.90. The van der Waals surface area contributed by atoms with E-state index in [4.69, 9.17) is 9.47 Å². The van der Waals surface area contributed by atoms with E-state index >= 15 is 0 Å². The summed E-state index contributed by atoms with van der Waals surface area (Å²) in [6, 6.07) is 6.74. The van der Waals surface area contributed by atoms with E-state index in [2.05, 4.69) is 59.7 Å². The van der Waals surface area contributed by atoms with Crippen LogP contribution in [-0.4, -0.2) is 18.8 Å². The fourth-order valence-corrected chi connectivity index (χ4v) is 3.16. The molecule has 3 unspecified atom stereocenters. The summed E-state index contributed by atoms with van der Waals surface area (Å²) in [6.07, 6.45) is 4.30. The van der Waals surface area contributed by atoms with Crippen molar-refractivity contribution in [2.45, 2.75) is 84.3 Å². The molecule has 1 heterocycles. The molecule has 0 N–H and O–H groups in total. The van der Waals surface area contributed by atoms with Gasteiger partial charge in [-0.25, -0.2) is 0 Å². The highest BCUT2D eigenvalue weighted by molar-refractivity contribution is 5.42. The van der Waals surface area contributed by atoms with Crippen LogP contribution < -0.4 is 4.74 Å². The summed E-state index contributed by atoms with van der Waals surface area (Å²) in [7, 11) is 0. The zero-order valence-electron chi connectivity index (χ0n) is 15.1. The molecule has 22 heavy (non-hydrogen) atoms. The van der Waals surface area contributed by atoms with E-state index in [0.717, 1.165) is 31.6 Å². The van der Waals surface area contributed by atoms with Crippen molar-refractivity contribution in [3.63, 3.8) is 0 Å². The lowest BCUT2D eigenvalue weighted by Gasteiger charge is -2.24. The predicted octanol–water partition coefficient (Wildman–Crippen LogP) is 5.44. The Labute approximate surface area is 136 Å². The molecule has 3 atom stereocenters. The highest BCUT2D eigenvalue weighted by Crippen LogP contribution is 2.40. The number of ether oxygens (including phenoxy) is 2. The highest BCUT2D eigenvalue weighted by Gasteiger charge is 2.39. The summed E-state index contributed by atoms with van der Waals surface area (Å²) in [6.45, 7) is 14.1. The smallest absolute Gasteiger partial charge is 0.122 e. The summed E-state index contributed by atoms with van der Waals surface area (Å²) >= 11 is 0. The average Bonchev–Trinajstić information content (AvgIpc) is 3.23. The Morgan fingerprint density at radius 3 is 2.36 bits per heavy atom. The second kappa shape index (κ2) is 7.04. The minimum Gasteiger partial charge on any atom is -0.494 e. The van der Waals surface area contributed by atoms with Crippen LogP contribution in [0.5, 0.6) is 5.75 Å². The first-order chi connectivity index (χ1) is 10.4. The molecule has 1 aliphatic heterocycles. The van der Waals surface area contributed by atoms with Crippen LogP contribution in [0, 0.1) is 0 Å². The van der Waals surface area contributed by atoms with Crippen LogP contribution >= 0.6 is 0 Å². The van der Waals surface area contributed by atoms with E-state index < -0.39 is 0 Å². The van der Waals surface area contributed by atoms with Crippen LogP contribution in [0.1, 0.15) is 77.8 Å². The maximum Gasteiger partial charge on any atom is 0.122 e. The third-order valence-electron chi connectivity index (χ3n) is 4.72. The van der Waals surface area contributed by atoms with E-state index in [1.54, 1.807) is 0 Å². The monoisotopic (exact) mass is 304 g/mol. The molecule has 1 aromatic carbocycles. The van der Waals surface area contributed by atoms with Crippen LogP contribution in [-0.2, 0) is 10.2 Å². The SMILES string of the molecule is CCOc1ccc(C(C)(C)C)cc1C(CC)CC1OC1CC. The topological polar surface area (TPSA) is 21.8 Å². The summed E-state index contributed by atoms with van der Waals surface area (Å²) < 4.78 is 11.7. The van der Waals surface area contributed by atoms with Gasteiger partial charge in [-0.3, -0.25) is 0 Å². The summed E-state index contributed by atoms with van der Waals surface area (Å²) in [4.78, 5) is 0. The van der Waals surface area contributed by atoms with Crippen LogP contribution in [0.2, 0.25) is 0 Å². The lowest BCUT2D eigenvalue weighted by atomic mass is 9.82. The molecule has 2 nitrogen and oxygen atoms in total. The molecule has 0 amide bonds. The molecule has 1 saturated heterocycles. The minimum atomic E-state index is 0.166. The van der Waals surface area contributed by atoms with Crippen LogP contribution in [0.25, 0.3) is 0 Å². The molecule has 1 fully saturated rings. The number of hydrogen-bond acceptors (Lipinski definition) is 2. The van der Waals surface area contributed by atoms with Gasteiger partial charge in [0.1, 0.15) is 5.75 Å². The zero-order valence-corrected chi connectivity index (χ0v) is 15.1. The minimum absolute atomic E-state index is 0.166. The van der Waals surface area contributed by atoms with Crippen molar-refractivity contribution in [3.8, 4) is 5.75 Å². The number of epoxide rings is 1.